The first kappa shape index (κ1) is 20.5. The van der Waals surface area contributed by atoms with Crippen LogP contribution in [0.5, 0.6) is 0 Å². The van der Waals surface area contributed by atoms with Gasteiger partial charge in [0.25, 0.3) is 0 Å². The summed E-state index contributed by atoms with van der Waals surface area (Å²) in [4.78, 5) is 0. The smallest absolute Gasteiger partial charge is 0.403 e. The van der Waals surface area contributed by atoms with Crippen molar-refractivity contribution in [3.8, 4) is 0 Å². The van der Waals surface area contributed by atoms with Crippen LogP contribution in [0.3, 0.4) is 0 Å². The molecule has 0 aliphatic carbocycles. The van der Waals surface area contributed by atoms with E-state index in [4.69, 9.17) is 18.6 Å². The van der Waals surface area contributed by atoms with Gasteiger partial charge in [-0.25, -0.2) is 0 Å². The summed E-state index contributed by atoms with van der Waals surface area (Å²) in [5, 5.41) is 0. The fourth-order valence-corrected chi connectivity index (χ4v) is 4.95. The van der Waals surface area contributed by atoms with Gasteiger partial charge in [-0.3, -0.25) is 0 Å². The van der Waals surface area contributed by atoms with Gasteiger partial charge in [0, 0.05) is 13.8 Å². The highest BCUT2D eigenvalue weighted by Crippen LogP contribution is 2.47. The third-order valence-electron chi connectivity index (χ3n) is 6.09. The number of rotatable bonds is 4. The second kappa shape index (κ2) is 5.85. The zero-order valence-corrected chi connectivity index (χ0v) is 18.6. The van der Waals surface area contributed by atoms with Crippen molar-refractivity contribution < 1.29 is 18.6 Å². The van der Waals surface area contributed by atoms with E-state index in [9.17, 15) is 0 Å². The molecule has 0 saturated carbocycles. The van der Waals surface area contributed by atoms with Crippen LogP contribution < -0.4 is 0 Å². The highest BCUT2D eigenvalue weighted by molar-refractivity contribution is 6.80. The maximum Gasteiger partial charge on any atom is 0.458 e. The third-order valence-corrected chi connectivity index (χ3v) is 7.79. The maximum atomic E-state index is 6.36. The normalized spacial score (nSPS) is 28.0. The first-order valence-corrected chi connectivity index (χ1v) is 12.9. The molecule has 0 atom stereocenters. The SMILES string of the molecule is CC1(C)OB(C(C[Si](C)(C)C)B2OC(C)(C)C(C)(C)O2)OC1(C)C. The molecule has 2 rings (SSSR count). The van der Waals surface area contributed by atoms with Crippen LogP contribution in [-0.2, 0) is 18.6 Å². The minimum absolute atomic E-state index is 0.0822. The number of hydrogen-bond donors (Lipinski definition) is 0. The van der Waals surface area contributed by atoms with E-state index in [0.29, 0.717) is 0 Å². The van der Waals surface area contributed by atoms with Crippen LogP contribution >= 0.6 is 0 Å². The van der Waals surface area contributed by atoms with Gasteiger partial charge in [0.15, 0.2) is 0 Å². The first-order valence-electron chi connectivity index (χ1n) is 9.19. The third kappa shape index (κ3) is 3.80. The van der Waals surface area contributed by atoms with Gasteiger partial charge in [-0.1, -0.05) is 25.7 Å². The van der Waals surface area contributed by atoms with Crippen molar-refractivity contribution in [2.24, 2.45) is 0 Å². The molecule has 2 aliphatic heterocycles. The highest BCUT2D eigenvalue weighted by atomic mass is 28.3. The number of hydrogen-bond acceptors (Lipinski definition) is 4. The van der Waals surface area contributed by atoms with Gasteiger partial charge in [0.05, 0.1) is 22.4 Å². The van der Waals surface area contributed by atoms with E-state index < -0.39 is 8.07 Å². The second-order valence-corrected chi connectivity index (χ2v) is 16.2. The predicted molar refractivity (Wildman–Crippen MR) is 104 cm³/mol. The molecule has 138 valence electrons. The van der Waals surface area contributed by atoms with E-state index in [1.807, 2.05) is 0 Å². The summed E-state index contributed by atoms with van der Waals surface area (Å²) in [6, 6.07) is 1.04. The van der Waals surface area contributed by atoms with Crippen molar-refractivity contribution in [2.45, 2.75) is 109 Å². The van der Waals surface area contributed by atoms with E-state index in [1.165, 1.54) is 0 Å². The molecule has 0 amide bonds. The van der Waals surface area contributed by atoms with E-state index in [0.717, 1.165) is 6.04 Å². The lowest BCUT2D eigenvalue weighted by molar-refractivity contribution is 0.00578. The Morgan fingerprint density at radius 3 is 1.08 bits per heavy atom. The first-order chi connectivity index (χ1) is 10.5. The molecule has 0 N–H and O–H groups in total. The van der Waals surface area contributed by atoms with Crippen LogP contribution in [0.15, 0.2) is 0 Å². The molecule has 2 heterocycles. The van der Waals surface area contributed by atoms with Crippen molar-refractivity contribution in [1.82, 2.24) is 0 Å². The Bertz CT molecular complexity index is 417. The highest BCUT2D eigenvalue weighted by Gasteiger charge is 2.62. The van der Waals surface area contributed by atoms with E-state index >= 15 is 0 Å². The summed E-state index contributed by atoms with van der Waals surface area (Å²) in [5.41, 5.74) is -1.26. The van der Waals surface area contributed by atoms with Crippen molar-refractivity contribution in [1.29, 1.82) is 0 Å². The molecular formula is C17H36B2O4Si. The lowest BCUT2D eigenvalue weighted by atomic mass is 9.52. The lowest BCUT2D eigenvalue weighted by Gasteiger charge is -2.32. The summed E-state index contributed by atoms with van der Waals surface area (Å²) in [7, 11) is -1.95. The Hall–Kier alpha value is 0.187. The monoisotopic (exact) mass is 354 g/mol. The fourth-order valence-electron chi connectivity index (χ4n) is 3.15. The Balaban J connectivity index is 2.28. The van der Waals surface area contributed by atoms with E-state index in [1.54, 1.807) is 0 Å². The molecule has 2 saturated heterocycles. The Kier molecular flexibility index (Phi) is 4.99. The molecule has 2 aliphatic rings. The molecule has 0 aromatic carbocycles. The van der Waals surface area contributed by atoms with Crippen molar-refractivity contribution in [3.05, 3.63) is 0 Å². The molecule has 2 fully saturated rings. The quantitative estimate of drug-likeness (QED) is 0.701. The lowest BCUT2D eigenvalue weighted by Crippen LogP contribution is -2.42. The molecule has 24 heavy (non-hydrogen) atoms. The summed E-state index contributed by atoms with van der Waals surface area (Å²) in [6.07, 6.45) is 0. The standard InChI is InChI=1S/C17H36B2O4Si/c1-14(2)15(3,4)21-18(20-14)13(12-24(9,10)11)19-22-16(5,6)17(7,8)23-19/h13H,12H2,1-11H3. The molecule has 0 bridgehead atoms. The molecule has 4 nitrogen and oxygen atoms in total. The van der Waals surface area contributed by atoms with Crippen molar-refractivity contribution in [3.63, 3.8) is 0 Å². The largest absolute Gasteiger partial charge is 0.458 e. The van der Waals surface area contributed by atoms with Crippen LogP contribution in [-0.4, -0.2) is 44.7 Å². The minimum Gasteiger partial charge on any atom is -0.403 e. The molecule has 0 unspecified atom stereocenters. The Labute approximate surface area is 150 Å². The second-order valence-electron chi connectivity index (χ2n) is 10.7. The molecule has 0 radical (unpaired) electrons. The van der Waals surface area contributed by atoms with Crippen LogP contribution in [0.4, 0.5) is 0 Å². The van der Waals surface area contributed by atoms with Crippen LogP contribution in [0, 0.1) is 0 Å². The van der Waals surface area contributed by atoms with Crippen LogP contribution in [0.1, 0.15) is 55.4 Å². The van der Waals surface area contributed by atoms with Gasteiger partial charge in [0.1, 0.15) is 0 Å². The van der Waals surface area contributed by atoms with E-state index in [-0.39, 0.29) is 42.4 Å². The molecule has 0 aromatic heterocycles. The molecular weight excluding hydrogens is 318 g/mol. The van der Waals surface area contributed by atoms with Crippen LogP contribution in [0.25, 0.3) is 0 Å². The zero-order chi connectivity index (χ0) is 18.8. The molecule has 0 spiro atoms. The molecule has 7 heteroatoms. The zero-order valence-electron chi connectivity index (χ0n) is 17.6. The van der Waals surface area contributed by atoms with Gasteiger partial charge in [-0.2, -0.15) is 0 Å². The topological polar surface area (TPSA) is 36.9 Å². The molecule has 0 aromatic rings. The predicted octanol–water partition coefficient (Wildman–Crippen LogP) is 4.42. The minimum atomic E-state index is -1.36. The summed E-state index contributed by atoms with van der Waals surface area (Å²) >= 11 is 0. The van der Waals surface area contributed by atoms with Gasteiger partial charge >= 0.3 is 14.2 Å². The summed E-state index contributed by atoms with van der Waals surface area (Å²) in [6.45, 7) is 23.9. The van der Waals surface area contributed by atoms with Gasteiger partial charge in [0.2, 0.25) is 0 Å². The maximum absolute atomic E-state index is 6.36. The Morgan fingerprint density at radius 2 is 0.875 bits per heavy atom. The average molecular weight is 354 g/mol. The van der Waals surface area contributed by atoms with Gasteiger partial charge < -0.3 is 18.6 Å². The fraction of sp³-hybridized carbons (Fsp3) is 1.00. The summed E-state index contributed by atoms with van der Waals surface area (Å²) < 4.78 is 25.4. The van der Waals surface area contributed by atoms with Crippen LogP contribution in [0.2, 0.25) is 31.4 Å². The average Bonchev–Trinajstić information content (AvgIpc) is 2.64. The summed E-state index contributed by atoms with van der Waals surface area (Å²) in [5.74, 6) is 0. The van der Waals surface area contributed by atoms with Crippen molar-refractivity contribution in [2.75, 3.05) is 0 Å². The van der Waals surface area contributed by atoms with Gasteiger partial charge in [-0.05, 0) is 55.4 Å². The van der Waals surface area contributed by atoms with Gasteiger partial charge in [-0.15, -0.1) is 0 Å². The van der Waals surface area contributed by atoms with E-state index in [2.05, 4.69) is 75.0 Å². The van der Waals surface area contributed by atoms with Crippen molar-refractivity contribution >= 4 is 22.3 Å². The Morgan fingerprint density at radius 1 is 0.625 bits per heavy atom.